The Morgan fingerprint density at radius 2 is 0.909 bits per heavy atom. The van der Waals surface area contributed by atoms with Crippen molar-refractivity contribution in [3.8, 4) is 0 Å². The first-order chi connectivity index (χ1) is 10.6. The van der Waals surface area contributed by atoms with E-state index in [4.69, 9.17) is 0 Å². The summed E-state index contributed by atoms with van der Waals surface area (Å²) in [5.74, 6) is 5.54. The van der Waals surface area contributed by atoms with Gasteiger partial charge in [0.1, 0.15) is 0 Å². The van der Waals surface area contributed by atoms with Gasteiger partial charge in [-0.2, -0.15) is 23.5 Å². The predicted molar refractivity (Wildman–Crippen MR) is 106 cm³/mol. The van der Waals surface area contributed by atoms with Gasteiger partial charge in [-0.3, -0.25) is 0 Å². The quantitative estimate of drug-likeness (QED) is 0.407. The zero-order valence-electron chi connectivity index (χ0n) is 15.1. The highest BCUT2D eigenvalue weighted by Crippen LogP contribution is 2.40. The van der Waals surface area contributed by atoms with Crippen molar-refractivity contribution in [3.63, 3.8) is 0 Å². The van der Waals surface area contributed by atoms with Crippen LogP contribution in [0.25, 0.3) is 0 Å². The van der Waals surface area contributed by atoms with Crippen LogP contribution < -0.4 is 0 Å². The number of rotatable bonds is 9. The van der Waals surface area contributed by atoms with Crippen LogP contribution in [0.3, 0.4) is 0 Å². The van der Waals surface area contributed by atoms with Crippen LogP contribution in [0.2, 0.25) is 0 Å². The molecule has 0 aromatic carbocycles. The van der Waals surface area contributed by atoms with Crippen LogP contribution in [0.1, 0.15) is 90.9 Å². The van der Waals surface area contributed by atoms with E-state index in [1.165, 1.54) is 100 Å². The molecule has 0 aromatic rings. The molecule has 2 heteroatoms. The summed E-state index contributed by atoms with van der Waals surface area (Å²) in [5, 5.41) is 0. The van der Waals surface area contributed by atoms with Crippen molar-refractivity contribution < 1.29 is 0 Å². The first-order valence-electron chi connectivity index (χ1n) is 9.78. The topological polar surface area (TPSA) is 0 Å². The summed E-state index contributed by atoms with van der Waals surface area (Å²) in [6.07, 6.45) is 17.8. The van der Waals surface area contributed by atoms with Gasteiger partial charge < -0.3 is 0 Å². The van der Waals surface area contributed by atoms with E-state index in [1.807, 2.05) is 0 Å². The van der Waals surface area contributed by atoms with Gasteiger partial charge >= 0.3 is 0 Å². The van der Waals surface area contributed by atoms with Gasteiger partial charge in [-0.25, -0.2) is 0 Å². The minimum absolute atomic E-state index is 0.688. The van der Waals surface area contributed by atoms with Crippen molar-refractivity contribution in [1.29, 1.82) is 0 Å². The summed E-state index contributed by atoms with van der Waals surface area (Å²) in [4.78, 5) is 0. The van der Waals surface area contributed by atoms with Crippen LogP contribution in [0.15, 0.2) is 0 Å². The molecule has 0 amide bonds. The van der Waals surface area contributed by atoms with E-state index in [9.17, 15) is 0 Å². The van der Waals surface area contributed by atoms with Crippen molar-refractivity contribution in [2.24, 2.45) is 10.8 Å². The van der Waals surface area contributed by atoms with Gasteiger partial charge in [0.15, 0.2) is 0 Å². The molecule has 0 aliphatic heterocycles. The molecule has 0 N–H and O–H groups in total. The SMILES string of the molecule is CC1(CCSCCSCCC2(C)CCCCC2)CCCCC1. The average molecular weight is 343 g/mol. The van der Waals surface area contributed by atoms with Gasteiger partial charge in [-0.1, -0.05) is 52.4 Å². The van der Waals surface area contributed by atoms with Gasteiger partial charge in [0.2, 0.25) is 0 Å². The Kier molecular flexibility index (Phi) is 8.53. The normalized spacial score (nSPS) is 24.3. The third-order valence-electron chi connectivity index (χ3n) is 6.19. The third-order valence-corrected chi connectivity index (χ3v) is 8.42. The van der Waals surface area contributed by atoms with Crippen molar-refractivity contribution in [3.05, 3.63) is 0 Å². The second-order valence-corrected chi connectivity index (χ2v) is 10.9. The largest absolute Gasteiger partial charge is 0.161 e. The summed E-state index contributed by atoms with van der Waals surface area (Å²) in [5.41, 5.74) is 1.38. The number of hydrogen-bond acceptors (Lipinski definition) is 2. The monoisotopic (exact) mass is 342 g/mol. The molecule has 0 atom stereocenters. The van der Waals surface area contributed by atoms with Gasteiger partial charge in [0, 0.05) is 11.5 Å². The smallest absolute Gasteiger partial charge is 0.00235 e. The van der Waals surface area contributed by atoms with Crippen LogP contribution in [0.5, 0.6) is 0 Å². The molecule has 0 unspecified atom stereocenters. The second kappa shape index (κ2) is 9.87. The third kappa shape index (κ3) is 7.07. The molecule has 0 radical (unpaired) electrons. The van der Waals surface area contributed by atoms with Crippen LogP contribution in [0.4, 0.5) is 0 Å². The lowest BCUT2D eigenvalue weighted by Crippen LogP contribution is -2.21. The van der Waals surface area contributed by atoms with E-state index in [-0.39, 0.29) is 0 Å². The zero-order chi connectivity index (χ0) is 15.7. The molecule has 2 aliphatic rings. The van der Waals surface area contributed by atoms with Crippen molar-refractivity contribution in [1.82, 2.24) is 0 Å². The maximum absolute atomic E-state index is 2.53. The highest BCUT2D eigenvalue weighted by atomic mass is 32.2. The van der Waals surface area contributed by atoms with Crippen molar-refractivity contribution in [2.45, 2.75) is 90.9 Å². The molecule has 0 spiro atoms. The summed E-state index contributed by atoms with van der Waals surface area (Å²) < 4.78 is 0. The highest BCUT2D eigenvalue weighted by Gasteiger charge is 2.26. The van der Waals surface area contributed by atoms with Crippen LogP contribution in [-0.2, 0) is 0 Å². The first-order valence-corrected chi connectivity index (χ1v) is 12.1. The van der Waals surface area contributed by atoms with Gasteiger partial charge in [0.25, 0.3) is 0 Å². The van der Waals surface area contributed by atoms with Gasteiger partial charge in [0.05, 0.1) is 0 Å². The Bertz CT molecular complexity index is 258. The first kappa shape index (κ1) is 19.0. The number of hydrogen-bond donors (Lipinski definition) is 0. The summed E-state index contributed by atoms with van der Waals surface area (Å²) in [6.45, 7) is 5.07. The second-order valence-electron chi connectivity index (χ2n) is 8.47. The Labute approximate surface area is 148 Å². The van der Waals surface area contributed by atoms with E-state index >= 15 is 0 Å². The Morgan fingerprint density at radius 3 is 1.27 bits per heavy atom. The maximum atomic E-state index is 2.53. The molecule has 0 heterocycles. The molecule has 22 heavy (non-hydrogen) atoms. The lowest BCUT2D eigenvalue weighted by Gasteiger charge is -2.33. The highest BCUT2D eigenvalue weighted by molar-refractivity contribution is 8.02. The van der Waals surface area contributed by atoms with Gasteiger partial charge in [-0.15, -0.1) is 0 Å². The molecular weight excluding hydrogens is 304 g/mol. The summed E-state index contributed by atoms with van der Waals surface area (Å²) >= 11 is 4.42. The standard InChI is InChI=1S/C20H38S2/c1-19(9-5-3-6-10-19)13-15-21-17-18-22-16-14-20(2)11-7-4-8-12-20/h3-18H2,1-2H3. The minimum atomic E-state index is 0.688. The molecule has 2 saturated carbocycles. The lowest BCUT2D eigenvalue weighted by molar-refractivity contribution is 0.210. The Balaban J connectivity index is 1.42. The summed E-state index contributed by atoms with van der Waals surface area (Å²) in [7, 11) is 0. The summed E-state index contributed by atoms with van der Waals surface area (Å²) in [6, 6.07) is 0. The number of thioether (sulfide) groups is 2. The van der Waals surface area contributed by atoms with Crippen LogP contribution in [0, 0.1) is 10.8 Å². The zero-order valence-corrected chi connectivity index (χ0v) is 16.8. The molecule has 2 fully saturated rings. The van der Waals surface area contributed by atoms with Crippen LogP contribution in [-0.4, -0.2) is 23.0 Å². The van der Waals surface area contributed by atoms with E-state index in [0.717, 1.165) is 0 Å². The van der Waals surface area contributed by atoms with Crippen molar-refractivity contribution >= 4 is 23.5 Å². The molecule has 2 rings (SSSR count). The van der Waals surface area contributed by atoms with E-state index in [1.54, 1.807) is 0 Å². The fourth-order valence-electron chi connectivity index (χ4n) is 4.27. The predicted octanol–water partition coefficient (Wildman–Crippen LogP) is 7.17. The Hall–Kier alpha value is 0.700. The molecule has 130 valence electrons. The maximum Gasteiger partial charge on any atom is 0.00235 e. The van der Waals surface area contributed by atoms with Crippen molar-refractivity contribution in [2.75, 3.05) is 23.0 Å². The van der Waals surface area contributed by atoms with E-state index in [2.05, 4.69) is 37.4 Å². The lowest BCUT2D eigenvalue weighted by atomic mass is 9.74. The molecule has 0 bridgehead atoms. The van der Waals surface area contributed by atoms with Gasteiger partial charge in [-0.05, 0) is 60.9 Å². The fraction of sp³-hybridized carbons (Fsp3) is 1.00. The average Bonchev–Trinajstić information content (AvgIpc) is 2.51. The minimum Gasteiger partial charge on any atom is -0.161 e. The molecule has 2 aliphatic carbocycles. The fourth-order valence-corrected chi connectivity index (χ4v) is 6.90. The van der Waals surface area contributed by atoms with Crippen LogP contribution >= 0.6 is 23.5 Å². The molecule has 0 saturated heterocycles. The molecular formula is C20H38S2. The van der Waals surface area contributed by atoms with E-state index in [0.29, 0.717) is 10.8 Å². The Morgan fingerprint density at radius 1 is 0.545 bits per heavy atom. The van der Waals surface area contributed by atoms with E-state index < -0.39 is 0 Å². The molecule has 0 aromatic heterocycles. The molecule has 0 nitrogen and oxygen atoms in total.